The molecule has 5 saturated heterocycles. The van der Waals surface area contributed by atoms with Gasteiger partial charge in [0.15, 0.2) is 6.17 Å². The highest BCUT2D eigenvalue weighted by molar-refractivity contribution is 5.87. The molecule has 9 nitrogen and oxygen atoms in total. The summed E-state index contributed by atoms with van der Waals surface area (Å²) < 4.78 is 68.1. The third-order valence-electron chi connectivity index (χ3n) is 11.9. The van der Waals surface area contributed by atoms with Gasteiger partial charge in [-0.25, -0.2) is 22.4 Å². The van der Waals surface area contributed by atoms with Crippen LogP contribution < -0.4 is 16.0 Å². The molecule has 260 valence electrons. The molecule has 46 heavy (non-hydrogen) atoms. The highest BCUT2D eigenvalue weighted by atomic mass is 19.2. The summed E-state index contributed by atoms with van der Waals surface area (Å²) in [6, 6.07) is -2.01. The molecule has 0 radical (unpaired) electrons. The van der Waals surface area contributed by atoms with Crippen LogP contribution in [-0.2, 0) is 9.53 Å². The minimum Gasteiger partial charge on any atom is -0.378 e. The molecule has 0 aromatic carbocycles. The number of carbonyl (C=O) groups is 2. The zero-order chi connectivity index (χ0) is 33.0. The average molecular weight is 657 g/mol. The molecule has 5 aliphatic heterocycles. The molecular formula is C33H52F4N6O3. The number of ether oxygens (including phenoxy) is 1. The van der Waals surface area contributed by atoms with E-state index in [2.05, 4.69) is 41.3 Å². The number of hydrogen-bond acceptors (Lipinski definition) is 6. The molecule has 13 heteroatoms. The van der Waals surface area contributed by atoms with E-state index in [4.69, 9.17) is 4.74 Å². The van der Waals surface area contributed by atoms with Gasteiger partial charge in [0.25, 0.3) is 0 Å². The minimum atomic E-state index is -2.36. The smallest absolute Gasteiger partial charge is 0.320 e. The number of alkyl halides is 4. The van der Waals surface area contributed by atoms with Gasteiger partial charge < -0.3 is 25.2 Å². The van der Waals surface area contributed by atoms with Gasteiger partial charge in [-0.05, 0) is 64.0 Å². The van der Waals surface area contributed by atoms with Crippen LogP contribution in [0.1, 0.15) is 59.8 Å². The first-order valence-corrected chi connectivity index (χ1v) is 17.4. The maximum Gasteiger partial charge on any atom is 0.320 e. The van der Waals surface area contributed by atoms with Gasteiger partial charge in [-0.1, -0.05) is 20.4 Å². The Balaban J connectivity index is 1.40. The lowest BCUT2D eigenvalue weighted by atomic mass is 9.71. The highest BCUT2D eigenvalue weighted by Gasteiger charge is 2.59. The number of piperidine rings is 2. The van der Waals surface area contributed by atoms with Gasteiger partial charge in [0.2, 0.25) is 5.91 Å². The van der Waals surface area contributed by atoms with Gasteiger partial charge in [0, 0.05) is 62.1 Å². The van der Waals surface area contributed by atoms with E-state index in [0.717, 1.165) is 19.4 Å². The summed E-state index contributed by atoms with van der Waals surface area (Å²) in [5.74, 6) is -1.51. The van der Waals surface area contributed by atoms with Crippen LogP contribution in [0.3, 0.4) is 0 Å². The quantitative estimate of drug-likeness (QED) is 0.320. The van der Waals surface area contributed by atoms with Crippen molar-refractivity contribution in [2.45, 2.75) is 133 Å². The van der Waals surface area contributed by atoms with Gasteiger partial charge in [-0.15, -0.1) is 0 Å². The van der Waals surface area contributed by atoms with Gasteiger partial charge in [-0.3, -0.25) is 15.0 Å². The summed E-state index contributed by atoms with van der Waals surface area (Å²) in [4.78, 5) is 32.8. The monoisotopic (exact) mass is 656 g/mol. The van der Waals surface area contributed by atoms with E-state index < -0.39 is 61.0 Å². The third kappa shape index (κ3) is 5.96. The van der Waals surface area contributed by atoms with E-state index in [0.29, 0.717) is 19.5 Å². The Labute approximate surface area is 270 Å². The van der Waals surface area contributed by atoms with Crippen molar-refractivity contribution in [2.24, 2.45) is 23.7 Å². The number of halogens is 4. The summed E-state index contributed by atoms with van der Waals surface area (Å²) >= 11 is 0. The summed E-state index contributed by atoms with van der Waals surface area (Å²) in [6.45, 7) is 13.7. The zero-order valence-electron chi connectivity index (χ0n) is 27.5. The van der Waals surface area contributed by atoms with Crippen LogP contribution in [0.15, 0.2) is 12.7 Å². The molecule has 3 N–H and O–H groups in total. The molecule has 1 saturated carbocycles. The van der Waals surface area contributed by atoms with Crippen LogP contribution in [0, 0.1) is 23.7 Å². The number of rotatable bonds is 3. The Morgan fingerprint density at radius 1 is 1.02 bits per heavy atom. The number of fused-ring (bicyclic) bond motifs is 5. The lowest BCUT2D eigenvalue weighted by molar-refractivity contribution is -0.147. The SMILES string of the molecule is C=CC(=O)N1C[C@H](C)N(C2NC(=O)N3C4NC(C(F)CC42)C2C(CC(F)C(F)C2F)OCCCC2CCNC(C(C)C)C23)C[C@H]1C. The lowest BCUT2D eigenvalue weighted by Crippen LogP contribution is -2.80. The molecule has 13 unspecified atom stereocenters. The molecule has 6 aliphatic rings. The first kappa shape index (κ1) is 33.9. The third-order valence-corrected chi connectivity index (χ3v) is 11.9. The van der Waals surface area contributed by atoms with Crippen LogP contribution in [0.2, 0.25) is 0 Å². The topological polar surface area (TPSA) is 89.2 Å². The van der Waals surface area contributed by atoms with Crippen molar-refractivity contribution < 1.29 is 31.9 Å². The lowest BCUT2D eigenvalue weighted by Gasteiger charge is -2.60. The van der Waals surface area contributed by atoms with Crippen molar-refractivity contribution in [3.05, 3.63) is 12.7 Å². The fraction of sp³-hybridized carbons (Fsp3) is 0.879. The molecule has 6 rings (SSSR count). The summed E-state index contributed by atoms with van der Waals surface area (Å²) in [6.07, 6.45) is -7.22. The summed E-state index contributed by atoms with van der Waals surface area (Å²) in [7, 11) is 0. The minimum absolute atomic E-state index is 0.000208. The predicted octanol–water partition coefficient (Wildman–Crippen LogP) is 3.30. The van der Waals surface area contributed by atoms with E-state index in [1.54, 1.807) is 4.90 Å². The fourth-order valence-corrected chi connectivity index (χ4v) is 9.63. The number of nitrogens with zero attached hydrogens (tertiary/aromatic N) is 3. The normalized spacial score (nSPS) is 47.2. The number of hydrogen-bond donors (Lipinski definition) is 3. The molecule has 1 aliphatic carbocycles. The number of carbonyl (C=O) groups excluding carboxylic acids is 2. The van der Waals surface area contributed by atoms with E-state index in [9.17, 15) is 18.4 Å². The maximum absolute atomic E-state index is 16.6. The average Bonchev–Trinajstić information content (AvgIpc) is 3.02. The fourth-order valence-electron chi connectivity index (χ4n) is 9.63. The van der Waals surface area contributed by atoms with Crippen LogP contribution in [0.4, 0.5) is 22.4 Å². The second kappa shape index (κ2) is 13.5. The van der Waals surface area contributed by atoms with Crippen molar-refractivity contribution in [2.75, 3.05) is 26.2 Å². The molecule has 5 heterocycles. The van der Waals surface area contributed by atoms with Crippen LogP contribution in [-0.4, -0.2) is 126 Å². The second-order valence-corrected chi connectivity index (χ2v) is 15.0. The molecule has 3 amide bonds. The zero-order valence-corrected chi connectivity index (χ0v) is 27.5. The van der Waals surface area contributed by atoms with Gasteiger partial charge in [-0.2, -0.15) is 0 Å². The molecule has 15 atom stereocenters. The molecule has 0 spiro atoms. The Hall–Kier alpha value is -1.96. The molecule has 2 bridgehead atoms. The van der Waals surface area contributed by atoms with Gasteiger partial charge in [0.1, 0.15) is 18.5 Å². The van der Waals surface area contributed by atoms with Gasteiger partial charge in [0.05, 0.1) is 24.5 Å². The van der Waals surface area contributed by atoms with Crippen molar-refractivity contribution in [3.8, 4) is 0 Å². The van der Waals surface area contributed by atoms with E-state index >= 15 is 8.78 Å². The second-order valence-electron chi connectivity index (χ2n) is 15.0. The number of urea groups is 1. The molecule has 0 aromatic heterocycles. The standard InChI is InChI=1S/C33H52F4N6O3/c1-6-24(44)41-14-18(5)42(15-17(41)4)31-20-12-22(35)29-25-23(13-21(34)26(36)27(25)37)46-11-7-8-19-9-10-38-28(16(2)3)30(19)43(32(20)39-29)33(45)40-31/h6,16-23,25-32,38-39H,1,7-15H2,2-5H3,(H,40,45)/t17-,18+,19?,20?,21?,22?,23?,25?,26?,27?,28?,29?,30?,31?,32?/m1/s1. The Morgan fingerprint density at radius 3 is 2.50 bits per heavy atom. The van der Waals surface area contributed by atoms with Crippen LogP contribution >= 0.6 is 0 Å². The molecule has 6 fully saturated rings. The first-order chi connectivity index (χ1) is 21.9. The number of nitrogens with one attached hydrogen (secondary N) is 3. The highest BCUT2D eigenvalue weighted by Crippen LogP contribution is 2.44. The Bertz CT molecular complexity index is 1140. The largest absolute Gasteiger partial charge is 0.378 e. The Kier molecular flexibility index (Phi) is 9.96. The van der Waals surface area contributed by atoms with Crippen LogP contribution in [0.5, 0.6) is 0 Å². The summed E-state index contributed by atoms with van der Waals surface area (Å²) in [5, 5.41) is 10.3. The molecular weight excluding hydrogens is 604 g/mol. The van der Waals surface area contributed by atoms with Gasteiger partial charge >= 0.3 is 6.03 Å². The molecule has 0 aromatic rings. The predicted molar refractivity (Wildman–Crippen MR) is 166 cm³/mol. The summed E-state index contributed by atoms with van der Waals surface area (Å²) in [5.41, 5.74) is 0. The van der Waals surface area contributed by atoms with E-state index in [-0.39, 0.29) is 67.4 Å². The number of piperazine rings is 1. The van der Waals surface area contributed by atoms with Crippen molar-refractivity contribution >= 4 is 11.9 Å². The van der Waals surface area contributed by atoms with E-state index in [1.807, 2.05) is 18.7 Å². The van der Waals surface area contributed by atoms with E-state index in [1.165, 1.54) is 6.08 Å². The number of amides is 3. The first-order valence-electron chi connectivity index (χ1n) is 17.4. The van der Waals surface area contributed by atoms with Crippen molar-refractivity contribution in [1.29, 1.82) is 0 Å². The Morgan fingerprint density at radius 2 is 1.78 bits per heavy atom. The maximum atomic E-state index is 16.6. The van der Waals surface area contributed by atoms with Crippen molar-refractivity contribution in [3.63, 3.8) is 0 Å². The van der Waals surface area contributed by atoms with Crippen molar-refractivity contribution in [1.82, 2.24) is 30.7 Å². The van der Waals surface area contributed by atoms with Crippen LogP contribution in [0.25, 0.3) is 0 Å².